The molecule has 0 spiro atoms. The Morgan fingerprint density at radius 1 is 0.377 bits per heavy atom. The Morgan fingerprint density at radius 3 is 1.60 bits per heavy atom. The summed E-state index contributed by atoms with van der Waals surface area (Å²) in [5.74, 6) is 0.589. The number of oxazole rings is 1. The lowest BCUT2D eigenvalue weighted by molar-refractivity contribution is 0.620. The van der Waals surface area contributed by atoms with Crippen LogP contribution in [0.2, 0.25) is 0 Å². The minimum absolute atomic E-state index is 0.589. The van der Waals surface area contributed by atoms with Crippen molar-refractivity contribution in [3.63, 3.8) is 0 Å². The molecule has 250 valence electrons. The Kier molecular flexibility index (Phi) is 7.43. The third kappa shape index (κ3) is 5.54. The molecule has 2 aromatic heterocycles. The van der Waals surface area contributed by atoms with Gasteiger partial charge in [-0.3, -0.25) is 0 Å². The van der Waals surface area contributed by atoms with E-state index in [9.17, 15) is 0 Å². The van der Waals surface area contributed by atoms with E-state index in [1.807, 2.05) is 48.5 Å². The van der Waals surface area contributed by atoms with Crippen LogP contribution in [0.5, 0.6) is 0 Å². The number of aromatic nitrogens is 1. The second-order valence-corrected chi connectivity index (χ2v) is 13.2. The first kappa shape index (κ1) is 30.6. The van der Waals surface area contributed by atoms with Crippen LogP contribution >= 0.6 is 0 Å². The quantitative estimate of drug-likeness (QED) is 0.168. The Balaban J connectivity index is 1.13. The van der Waals surface area contributed by atoms with Crippen molar-refractivity contribution in [2.75, 3.05) is 4.90 Å². The number of hydrogen-bond donors (Lipinski definition) is 0. The molecule has 0 aliphatic carbocycles. The lowest BCUT2D eigenvalue weighted by Crippen LogP contribution is -2.11. The molecule has 4 nitrogen and oxygen atoms in total. The molecular formula is C49H32N2O2. The summed E-state index contributed by atoms with van der Waals surface area (Å²) in [6.45, 7) is 0. The predicted molar refractivity (Wildman–Crippen MR) is 218 cm³/mol. The molecule has 0 N–H and O–H groups in total. The van der Waals surface area contributed by atoms with Crippen LogP contribution in [0.25, 0.3) is 77.9 Å². The monoisotopic (exact) mass is 680 g/mol. The topological polar surface area (TPSA) is 42.4 Å². The molecule has 0 unspecified atom stereocenters. The fourth-order valence-corrected chi connectivity index (χ4v) is 7.35. The molecule has 2 heterocycles. The smallest absolute Gasteiger partial charge is 0.227 e. The summed E-state index contributed by atoms with van der Waals surface area (Å²) < 4.78 is 12.9. The number of furan rings is 1. The molecular weight excluding hydrogens is 649 g/mol. The lowest BCUT2D eigenvalue weighted by Gasteiger charge is -2.28. The first-order chi connectivity index (χ1) is 26.3. The SMILES string of the molecule is c1ccc(-c2ccc(-c3ccc(N(c4ccccc4-c4ccccc4)c4cccc5oc6cc7nc(-c8ccccc8)oc7cc6c45)cc3)cc2)cc1. The summed E-state index contributed by atoms with van der Waals surface area (Å²) in [5.41, 5.74) is 14.1. The second kappa shape index (κ2) is 12.9. The molecule has 4 heteroatoms. The standard InChI is InChI=1S/C49H32N2O2/c1-4-13-33(14-5-1)34-23-25-35(26-24-34)36-27-29-39(30-28-36)51(43-20-11-10-19-40(43)37-15-6-2-7-16-37)44-21-12-22-45-48(44)41-31-47-42(32-46(41)52-45)50-49(53-47)38-17-8-3-9-18-38/h1-32H. The average Bonchev–Trinajstić information content (AvgIpc) is 3.82. The maximum atomic E-state index is 6.56. The van der Waals surface area contributed by atoms with Crippen LogP contribution in [0.1, 0.15) is 0 Å². The molecule has 0 fully saturated rings. The molecule has 0 aliphatic heterocycles. The van der Waals surface area contributed by atoms with Crippen molar-refractivity contribution < 1.29 is 8.83 Å². The molecule has 0 saturated heterocycles. The lowest BCUT2D eigenvalue weighted by atomic mass is 9.99. The summed E-state index contributed by atoms with van der Waals surface area (Å²) >= 11 is 0. The molecule has 0 atom stereocenters. The number of para-hydroxylation sites is 1. The van der Waals surface area contributed by atoms with Crippen molar-refractivity contribution in [2.24, 2.45) is 0 Å². The number of benzene rings is 8. The molecule has 0 aliphatic rings. The van der Waals surface area contributed by atoms with E-state index in [0.29, 0.717) is 11.5 Å². The third-order valence-electron chi connectivity index (χ3n) is 9.93. The van der Waals surface area contributed by atoms with E-state index in [4.69, 9.17) is 13.8 Å². The molecule has 8 aromatic carbocycles. The van der Waals surface area contributed by atoms with Gasteiger partial charge in [-0.1, -0.05) is 140 Å². The normalized spacial score (nSPS) is 11.4. The van der Waals surface area contributed by atoms with Crippen molar-refractivity contribution >= 4 is 50.1 Å². The molecule has 10 aromatic rings. The highest BCUT2D eigenvalue weighted by atomic mass is 16.4. The molecule has 0 bridgehead atoms. The van der Waals surface area contributed by atoms with Gasteiger partial charge in [0.1, 0.15) is 16.7 Å². The highest BCUT2D eigenvalue weighted by molar-refractivity contribution is 6.16. The van der Waals surface area contributed by atoms with E-state index in [2.05, 4.69) is 150 Å². The maximum Gasteiger partial charge on any atom is 0.227 e. The maximum absolute atomic E-state index is 6.56. The first-order valence-corrected chi connectivity index (χ1v) is 17.8. The zero-order chi connectivity index (χ0) is 35.1. The van der Waals surface area contributed by atoms with Crippen molar-refractivity contribution in [3.8, 4) is 44.8 Å². The van der Waals surface area contributed by atoms with Crippen molar-refractivity contribution in [2.45, 2.75) is 0 Å². The summed E-state index contributed by atoms with van der Waals surface area (Å²) in [7, 11) is 0. The van der Waals surface area contributed by atoms with Gasteiger partial charge in [-0.25, -0.2) is 4.98 Å². The largest absolute Gasteiger partial charge is 0.456 e. The predicted octanol–water partition coefficient (Wildman–Crippen LogP) is 13.9. The van der Waals surface area contributed by atoms with Gasteiger partial charge in [0.25, 0.3) is 0 Å². The van der Waals surface area contributed by atoms with Gasteiger partial charge in [0.15, 0.2) is 5.58 Å². The van der Waals surface area contributed by atoms with Gasteiger partial charge in [0.2, 0.25) is 5.89 Å². The Hall–Kier alpha value is -7.17. The van der Waals surface area contributed by atoms with E-state index in [-0.39, 0.29) is 0 Å². The van der Waals surface area contributed by atoms with Crippen LogP contribution in [0, 0.1) is 0 Å². The Bertz CT molecular complexity index is 2860. The molecule has 0 amide bonds. The number of hydrogen-bond acceptors (Lipinski definition) is 4. The van der Waals surface area contributed by atoms with E-state index in [1.165, 1.54) is 16.7 Å². The number of anilines is 3. The summed E-state index contributed by atoms with van der Waals surface area (Å²) in [6, 6.07) is 67.6. The fourth-order valence-electron chi connectivity index (χ4n) is 7.35. The van der Waals surface area contributed by atoms with Crippen molar-refractivity contribution in [1.29, 1.82) is 0 Å². The summed E-state index contributed by atoms with van der Waals surface area (Å²) in [5, 5.41) is 1.97. The highest BCUT2D eigenvalue weighted by Crippen LogP contribution is 2.46. The minimum atomic E-state index is 0.589. The van der Waals surface area contributed by atoms with Crippen LogP contribution in [0.15, 0.2) is 203 Å². The van der Waals surface area contributed by atoms with E-state index in [1.54, 1.807) is 0 Å². The molecule has 10 rings (SSSR count). The van der Waals surface area contributed by atoms with Gasteiger partial charge in [-0.05, 0) is 76.3 Å². The second-order valence-electron chi connectivity index (χ2n) is 13.2. The summed E-state index contributed by atoms with van der Waals surface area (Å²) in [6.07, 6.45) is 0. The van der Waals surface area contributed by atoms with Gasteiger partial charge in [0, 0.05) is 28.3 Å². The van der Waals surface area contributed by atoms with Crippen LogP contribution in [0.4, 0.5) is 17.1 Å². The van der Waals surface area contributed by atoms with Gasteiger partial charge >= 0.3 is 0 Å². The van der Waals surface area contributed by atoms with Crippen LogP contribution < -0.4 is 4.90 Å². The van der Waals surface area contributed by atoms with Crippen LogP contribution in [-0.2, 0) is 0 Å². The third-order valence-corrected chi connectivity index (χ3v) is 9.93. The van der Waals surface area contributed by atoms with Gasteiger partial charge in [0.05, 0.1) is 16.8 Å². The molecule has 53 heavy (non-hydrogen) atoms. The molecule has 0 saturated carbocycles. The number of nitrogens with zero attached hydrogens (tertiary/aromatic N) is 2. The van der Waals surface area contributed by atoms with Gasteiger partial charge in [-0.2, -0.15) is 0 Å². The summed E-state index contributed by atoms with van der Waals surface area (Å²) in [4.78, 5) is 7.17. The number of fused-ring (bicyclic) bond motifs is 4. The van der Waals surface area contributed by atoms with Gasteiger partial charge < -0.3 is 13.7 Å². The zero-order valence-electron chi connectivity index (χ0n) is 28.7. The average molecular weight is 681 g/mol. The van der Waals surface area contributed by atoms with E-state index in [0.717, 1.165) is 66.8 Å². The van der Waals surface area contributed by atoms with Crippen LogP contribution in [0.3, 0.4) is 0 Å². The van der Waals surface area contributed by atoms with Crippen molar-refractivity contribution in [3.05, 3.63) is 194 Å². The zero-order valence-corrected chi connectivity index (χ0v) is 28.7. The van der Waals surface area contributed by atoms with E-state index < -0.39 is 0 Å². The molecule has 0 radical (unpaired) electrons. The van der Waals surface area contributed by atoms with E-state index >= 15 is 0 Å². The van der Waals surface area contributed by atoms with Crippen molar-refractivity contribution in [1.82, 2.24) is 4.98 Å². The fraction of sp³-hybridized carbons (Fsp3) is 0. The Morgan fingerprint density at radius 2 is 0.925 bits per heavy atom. The Labute approximate surface area is 306 Å². The minimum Gasteiger partial charge on any atom is -0.456 e. The number of rotatable bonds is 7. The van der Waals surface area contributed by atoms with Crippen LogP contribution in [-0.4, -0.2) is 4.98 Å². The first-order valence-electron chi connectivity index (χ1n) is 17.8. The highest BCUT2D eigenvalue weighted by Gasteiger charge is 2.23. The van der Waals surface area contributed by atoms with Gasteiger partial charge in [-0.15, -0.1) is 0 Å².